The standard InChI is InChI=1S/C22H27N3O3S/c1-15-9-11-16(12-10-15)20-19(28-22(27)23-2)21(26)25(14-13-24(3)4)17-7-5-6-8-18(17)29-20/h5-12,19-20H,13-14H2,1-4H3,(H,23,27)/t19-,20+/m0/s1. The normalized spacial score (nSPS) is 18.9. The number of nitrogens with one attached hydrogen (secondary N) is 1. The Bertz CT molecular complexity index is 870. The summed E-state index contributed by atoms with van der Waals surface area (Å²) in [5, 5.41) is 2.13. The van der Waals surface area contributed by atoms with Gasteiger partial charge in [0.25, 0.3) is 5.91 Å². The van der Waals surface area contributed by atoms with Gasteiger partial charge in [0.2, 0.25) is 0 Å². The van der Waals surface area contributed by atoms with Crippen molar-refractivity contribution in [3.05, 3.63) is 59.7 Å². The lowest BCUT2D eigenvalue weighted by atomic mass is 10.0. The molecular weight excluding hydrogens is 386 g/mol. The summed E-state index contributed by atoms with van der Waals surface area (Å²) in [7, 11) is 5.43. The van der Waals surface area contributed by atoms with E-state index in [0.29, 0.717) is 13.1 Å². The zero-order chi connectivity index (χ0) is 21.0. The first-order valence-electron chi connectivity index (χ1n) is 9.57. The molecule has 1 aliphatic rings. The molecule has 7 heteroatoms. The molecule has 6 nitrogen and oxygen atoms in total. The lowest BCUT2D eigenvalue weighted by Gasteiger charge is -2.28. The molecule has 3 rings (SSSR count). The van der Waals surface area contributed by atoms with Crippen molar-refractivity contribution in [2.24, 2.45) is 0 Å². The Morgan fingerprint density at radius 3 is 2.52 bits per heavy atom. The highest BCUT2D eigenvalue weighted by atomic mass is 32.2. The number of alkyl carbamates (subject to hydrolysis) is 1. The Labute approximate surface area is 176 Å². The third-order valence-corrected chi connectivity index (χ3v) is 6.18. The monoisotopic (exact) mass is 413 g/mol. The highest BCUT2D eigenvalue weighted by Gasteiger charge is 2.41. The van der Waals surface area contributed by atoms with Gasteiger partial charge in [0.1, 0.15) is 0 Å². The molecule has 0 aliphatic carbocycles. The second-order valence-electron chi connectivity index (χ2n) is 7.29. The van der Waals surface area contributed by atoms with Gasteiger partial charge < -0.3 is 19.9 Å². The van der Waals surface area contributed by atoms with Gasteiger partial charge in [-0.25, -0.2) is 4.79 Å². The molecule has 0 aromatic heterocycles. The molecule has 0 spiro atoms. The van der Waals surface area contributed by atoms with E-state index >= 15 is 0 Å². The maximum Gasteiger partial charge on any atom is 0.407 e. The molecule has 154 valence electrons. The van der Waals surface area contributed by atoms with Crippen molar-refractivity contribution in [2.75, 3.05) is 39.1 Å². The molecular formula is C22H27N3O3S. The second kappa shape index (κ2) is 9.33. The van der Waals surface area contributed by atoms with Gasteiger partial charge in [-0.2, -0.15) is 0 Å². The number of aryl methyl sites for hydroxylation is 1. The maximum absolute atomic E-state index is 13.6. The number of fused-ring (bicyclic) bond motifs is 1. The van der Waals surface area contributed by atoms with Crippen molar-refractivity contribution < 1.29 is 14.3 Å². The SMILES string of the molecule is CNC(=O)O[C@@H]1C(=O)N(CCN(C)C)c2ccccc2S[C@@H]1c1ccc(C)cc1. The van der Waals surface area contributed by atoms with Crippen LogP contribution >= 0.6 is 11.8 Å². The van der Waals surface area contributed by atoms with E-state index in [0.717, 1.165) is 21.7 Å². The number of thioether (sulfide) groups is 1. The van der Waals surface area contributed by atoms with E-state index in [1.54, 1.807) is 16.7 Å². The fourth-order valence-corrected chi connectivity index (χ4v) is 4.51. The summed E-state index contributed by atoms with van der Waals surface area (Å²) < 4.78 is 5.62. The van der Waals surface area contributed by atoms with Crippen LogP contribution in [0, 0.1) is 6.92 Å². The number of hydrogen-bond acceptors (Lipinski definition) is 5. The average Bonchev–Trinajstić information content (AvgIpc) is 2.82. The zero-order valence-corrected chi connectivity index (χ0v) is 18.0. The molecule has 1 aliphatic heterocycles. The Kier molecular flexibility index (Phi) is 6.82. The maximum atomic E-state index is 13.6. The predicted molar refractivity (Wildman–Crippen MR) is 116 cm³/mol. The fourth-order valence-electron chi connectivity index (χ4n) is 3.20. The largest absolute Gasteiger partial charge is 0.435 e. The molecule has 2 aromatic rings. The van der Waals surface area contributed by atoms with Crippen LogP contribution in [0.1, 0.15) is 16.4 Å². The van der Waals surface area contributed by atoms with Gasteiger partial charge in [-0.15, -0.1) is 11.8 Å². The van der Waals surface area contributed by atoms with E-state index in [1.165, 1.54) is 7.05 Å². The first-order chi connectivity index (χ1) is 13.9. The van der Waals surface area contributed by atoms with Crippen LogP contribution in [0.3, 0.4) is 0 Å². The number of amides is 2. The van der Waals surface area contributed by atoms with Gasteiger partial charge in [-0.1, -0.05) is 42.0 Å². The number of carbonyl (C=O) groups is 2. The Balaban J connectivity index is 2.07. The molecule has 0 saturated heterocycles. The number of nitrogens with zero attached hydrogens (tertiary/aromatic N) is 2. The molecule has 1 N–H and O–H groups in total. The van der Waals surface area contributed by atoms with Crippen molar-refractivity contribution in [1.29, 1.82) is 0 Å². The van der Waals surface area contributed by atoms with Crippen molar-refractivity contribution >= 4 is 29.4 Å². The summed E-state index contributed by atoms with van der Waals surface area (Å²) in [6, 6.07) is 15.9. The minimum atomic E-state index is -0.933. The summed E-state index contributed by atoms with van der Waals surface area (Å²) >= 11 is 1.56. The fraction of sp³-hybridized carbons (Fsp3) is 0.364. The molecule has 2 atom stereocenters. The Morgan fingerprint density at radius 2 is 1.86 bits per heavy atom. The number of para-hydroxylation sites is 1. The first kappa shape index (κ1) is 21.2. The van der Waals surface area contributed by atoms with E-state index in [-0.39, 0.29) is 11.2 Å². The molecule has 2 amide bonds. The minimum absolute atomic E-state index is 0.210. The lowest BCUT2D eigenvalue weighted by molar-refractivity contribution is -0.126. The van der Waals surface area contributed by atoms with E-state index in [9.17, 15) is 9.59 Å². The molecule has 0 bridgehead atoms. The number of rotatable bonds is 5. The van der Waals surface area contributed by atoms with Crippen LogP contribution in [0.15, 0.2) is 53.4 Å². The van der Waals surface area contributed by atoms with Crippen molar-refractivity contribution in [2.45, 2.75) is 23.2 Å². The molecule has 0 saturated carbocycles. The van der Waals surface area contributed by atoms with Crippen LogP contribution in [-0.2, 0) is 9.53 Å². The molecule has 29 heavy (non-hydrogen) atoms. The molecule has 0 radical (unpaired) electrons. The quantitative estimate of drug-likeness (QED) is 0.813. The van der Waals surface area contributed by atoms with Crippen LogP contribution < -0.4 is 10.2 Å². The van der Waals surface area contributed by atoms with Crippen LogP contribution in [0.4, 0.5) is 10.5 Å². The number of hydrogen-bond donors (Lipinski definition) is 1. The van der Waals surface area contributed by atoms with Gasteiger partial charge in [-0.3, -0.25) is 4.79 Å². The number of carbonyl (C=O) groups excluding carboxylic acids is 2. The molecule has 0 fully saturated rings. The Morgan fingerprint density at radius 1 is 1.17 bits per heavy atom. The average molecular weight is 414 g/mol. The van der Waals surface area contributed by atoms with Gasteiger partial charge in [0, 0.05) is 25.0 Å². The van der Waals surface area contributed by atoms with Crippen LogP contribution in [-0.4, -0.2) is 57.2 Å². The Hall–Kier alpha value is -2.51. The number of likely N-dealkylation sites (N-methyl/N-ethyl adjacent to an activating group) is 1. The summed E-state index contributed by atoms with van der Waals surface area (Å²) in [6.45, 7) is 3.23. The van der Waals surface area contributed by atoms with Crippen molar-refractivity contribution in [3.63, 3.8) is 0 Å². The molecule has 1 heterocycles. The summed E-state index contributed by atoms with van der Waals surface area (Å²) in [6.07, 6.45) is -1.54. The third kappa shape index (κ3) is 4.92. The van der Waals surface area contributed by atoms with E-state index in [2.05, 4.69) is 5.32 Å². The third-order valence-electron chi connectivity index (χ3n) is 4.81. The van der Waals surface area contributed by atoms with E-state index < -0.39 is 12.2 Å². The van der Waals surface area contributed by atoms with Gasteiger partial charge >= 0.3 is 6.09 Å². The van der Waals surface area contributed by atoms with E-state index in [1.807, 2.05) is 74.4 Å². The smallest absolute Gasteiger partial charge is 0.407 e. The summed E-state index contributed by atoms with van der Waals surface area (Å²) in [4.78, 5) is 30.5. The van der Waals surface area contributed by atoms with Crippen LogP contribution in [0.2, 0.25) is 0 Å². The van der Waals surface area contributed by atoms with Gasteiger partial charge in [0.15, 0.2) is 6.10 Å². The lowest BCUT2D eigenvalue weighted by Crippen LogP contribution is -2.46. The zero-order valence-electron chi connectivity index (χ0n) is 17.2. The predicted octanol–water partition coefficient (Wildman–Crippen LogP) is 3.46. The summed E-state index contributed by atoms with van der Waals surface area (Å²) in [5.74, 6) is -0.210. The van der Waals surface area contributed by atoms with Gasteiger partial charge in [-0.05, 0) is 38.7 Å². The molecule has 2 aromatic carbocycles. The van der Waals surface area contributed by atoms with Crippen molar-refractivity contribution in [3.8, 4) is 0 Å². The highest BCUT2D eigenvalue weighted by Crippen LogP contribution is 2.46. The minimum Gasteiger partial charge on any atom is -0.435 e. The van der Waals surface area contributed by atoms with E-state index in [4.69, 9.17) is 4.74 Å². The van der Waals surface area contributed by atoms with Crippen LogP contribution in [0.25, 0.3) is 0 Å². The number of ether oxygens (including phenoxy) is 1. The number of benzene rings is 2. The van der Waals surface area contributed by atoms with Crippen LogP contribution in [0.5, 0.6) is 0 Å². The number of anilines is 1. The van der Waals surface area contributed by atoms with Gasteiger partial charge in [0.05, 0.1) is 10.9 Å². The van der Waals surface area contributed by atoms with Crippen molar-refractivity contribution in [1.82, 2.24) is 10.2 Å². The summed E-state index contributed by atoms with van der Waals surface area (Å²) in [5.41, 5.74) is 2.94. The molecule has 0 unspecified atom stereocenters. The first-order valence-corrected chi connectivity index (χ1v) is 10.5. The highest BCUT2D eigenvalue weighted by molar-refractivity contribution is 7.99. The topological polar surface area (TPSA) is 61.9 Å². The second-order valence-corrected chi connectivity index (χ2v) is 8.47.